The molecule has 104 valence electrons. The lowest BCUT2D eigenvalue weighted by Gasteiger charge is -2.35. The molecule has 2 heterocycles. The van der Waals surface area contributed by atoms with Crippen LogP contribution in [0, 0.1) is 0 Å². The van der Waals surface area contributed by atoms with Gasteiger partial charge >= 0.3 is 0 Å². The molecular formula is C16H25N3. The van der Waals surface area contributed by atoms with Crippen molar-refractivity contribution < 1.29 is 0 Å². The van der Waals surface area contributed by atoms with Crippen LogP contribution in [-0.2, 0) is 13.0 Å². The van der Waals surface area contributed by atoms with Gasteiger partial charge in [-0.15, -0.1) is 0 Å². The first kappa shape index (κ1) is 12.9. The Bertz CT molecular complexity index is 434. The average Bonchev–Trinajstić information content (AvgIpc) is 2.87. The van der Waals surface area contributed by atoms with Crippen LogP contribution in [0.25, 0.3) is 0 Å². The van der Waals surface area contributed by atoms with Gasteiger partial charge in [0.1, 0.15) is 0 Å². The molecule has 1 aromatic rings. The summed E-state index contributed by atoms with van der Waals surface area (Å²) in [6.07, 6.45) is 3.79. The van der Waals surface area contributed by atoms with Crippen molar-refractivity contribution in [3.63, 3.8) is 0 Å². The summed E-state index contributed by atoms with van der Waals surface area (Å²) < 4.78 is 0. The van der Waals surface area contributed by atoms with E-state index in [4.69, 9.17) is 0 Å². The van der Waals surface area contributed by atoms with Crippen LogP contribution in [0.3, 0.4) is 0 Å². The fourth-order valence-electron chi connectivity index (χ4n) is 3.29. The van der Waals surface area contributed by atoms with Crippen LogP contribution in [0.4, 0.5) is 5.69 Å². The standard InChI is InChI=1S/C16H25N3/c1-18(2)15-6-9-19(10-7-15)12-13-3-4-14-5-8-17-16(14)11-13/h3-4,11,15,17H,5-10,12H2,1-2H3. The lowest BCUT2D eigenvalue weighted by atomic mass is 10.0. The summed E-state index contributed by atoms with van der Waals surface area (Å²) in [4.78, 5) is 4.97. The van der Waals surface area contributed by atoms with Gasteiger partial charge in [0.2, 0.25) is 0 Å². The van der Waals surface area contributed by atoms with E-state index in [1.807, 2.05) is 0 Å². The molecule has 3 heteroatoms. The lowest BCUT2D eigenvalue weighted by Crippen LogP contribution is -2.41. The predicted octanol–water partition coefficient (Wildman–Crippen LogP) is 2.18. The molecule has 0 radical (unpaired) electrons. The summed E-state index contributed by atoms with van der Waals surface area (Å²) in [5, 5.41) is 3.47. The van der Waals surface area contributed by atoms with E-state index in [2.05, 4.69) is 47.4 Å². The molecule has 19 heavy (non-hydrogen) atoms. The Morgan fingerprint density at radius 2 is 2.05 bits per heavy atom. The van der Waals surface area contributed by atoms with Gasteiger partial charge < -0.3 is 10.2 Å². The Morgan fingerprint density at radius 3 is 2.79 bits per heavy atom. The molecule has 1 saturated heterocycles. The van der Waals surface area contributed by atoms with Gasteiger partial charge in [-0.1, -0.05) is 12.1 Å². The van der Waals surface area contributed by atoms with E-state index in [0.717, 1.165) is 19.1 Å². The van der Waals surface area contributed by atoms with E-state index >= 15 is 0 Å². The van der Waals surface area contributed by atoms with Crippen molar-refractivity contribution in [2.24, 2.45) is 0 Å². The first-order valence-corrected chi connectivity index (χ1v) is 7.47. The van der Waals surface area contributed by atoms with Crippen LogP contribution in [0.15, 0.2) is 18.2 Å². The molecule has 2 aliphatic heterocycles. The number of nitrogens with zero attached hydrogens (tertiary/aromatic N) is 2. The molecule has 3 rings (SSSR count). The van der Waals surface area contributed by atoms with E-state index in [1.54, 1.807) is 0 Å². The second kappa shape index (κ2) is 5.51. The number of nitrogens with one attached hydrogen (secondary N) is 1. The lowest BCUT2D eigenvalue weighted by molar-refractivity contribution is 0.140. The van der Waals surface area contributed by atoms with Crippen LogP contribution in [0.5, 0.6) is 0 Å². The van der Waals surface area contributed by atoms with Crippen molar-refractivity contribution >= 4 is 5.69 Å². The molecule has 0 atom stereocenters. The van der Waals surface area contributed by atoms with Crippen molar-refractivity contribution in [3.8, 4) is 0 Å². The Morgan fingerprint density at radius 1 is 1.26 bits per heavy atom. The van der Waals surface area contributed by atoms with Gasteiger partial charge in [0, 0.05) is 24.8 Å². The molecular weight excluding hydrogens is 234 g/mol. The highest BCUT2D eigenvalue weighted by Crippen LogP contribution is 2.24. The summed E-state index contributed by atoms with van der Waals surface area (Å²) in [5.41, 5.74) is 4.30. The zero-order valence-corrected chi connectivity index (χ0v) is 12.2. The zero-order valence-electron chi connectivity index (χ0n) is 12.2. The van der Waals surface area contributed by atoms with Crippen molar-refractivity contribution in [1.82, 2.24) is 9.80 Å². The van der Waals surface area contributed by atoms with Crippen LogP contribution in [-0.4, -0.2) is 49.6 Å². The van der Waals surface area contributed by atoms with Crippen molar-refractivity contribution in [2.45, 2.75) is 31.8 Å². The third-order valence-corrected chi connectivity index (χ3v) is 4.58. The monoisotopic (exact) mass is 259 g/mol. The molecule has 0 spiro atoms. The number of likely N-dealkylation sites (tertiary alicyclic amines) is 1. The summed E-state index contributed by atoms with van der Waals surface area (Å²) in [5.74, 6) is 0. The van der Waals surface area contributed by atoms with E-state index < -0.39 is 0 Å². The molecule has 3 nitrogen and oxygen atoms in total. The molecule has 0 bridgehead atoms. The van der Waals surface area contributed by atoms with Crippen molar-refractivity contribution in [2.75, 3.05) is 39.0 Å². The molecule has 0 amide bonds. The first-order valence-electron chi connectivity index (χ1n) is 7.47. The Hall–Kier alpha value is -1.06. The average molecular weight is 259 g/mol. The maximum absolute atomic E-state index is 3.47. The minimum Gasteiger partial charge on any atom is -0.384 e. The van der Waals surface area contributed by atoms with Crippen LogP contribution < -0.4 is 5.32 Å². The zero-order chi connectivity index (χ0) is 13.2. The van der Waals surface area contributed by atoms with Gasteiger partial charge in [-0.25, -0.2) is 0 Å². The van der Waals surface area contributed by atoms with E-state index in [1.165, 1.54) is 49.2 Å². The Balaban J connectivity index is 1.58. The number of hydrogen-bond donors (Lipinski definition) is 1. The number of hydrogen-bond acceptors (Lipinski definition) is 3. The van der Waals surface area contributed by atoms with Crippen LogP contribution in [0.1, 0.15) is 24.0 Å². The minimum atomic E-state index is 0.776. The minimum absolute atomic E-state index is 0.776. The van der Waals surface area contributed by atoms with Crippen molar-refractivity contribution in [1.29, 1.82) is 0 Å². The fraction of sp³-hybridized carbons (Fsp3) is 0.625. The van der Waals surface area contributed by atoms with E-state index in [0.29, 0.717) is 0 Å². The smallest absolute Gasteiger partial charge is 0.0376 e. The van der Waals surface area contributed by atoms with Gasteiger partial charge in [0.05, 0.1) is 0 Å². The summed E-state index contributed by atoms with van der Waals surface area (Å²) in [6.45, 7) is 4.67. The third-order valence-electron chi connectivity index (χ3n) is 4.58. The second-order valence-electron chi connectivity index (χ2n) is 6.14. The maximum atomic E-state index is 3.47. The molecule has 2 aliphatic rings. The largest absolute Gasteiger partial charge is 0.384 e. The normalized spacial score (nSPS) is 20.6. The van der Waals surface area contributed by atoms with E-state index in [-0.39, 0.29) is 0 Å². The molecule has 1 aromatic carbocycles. The van der Waals surface area contributed by atoms with Gasteiger partial charge in [0.25, 0.3) is 0 Å². The Labute approximate surface area is 116 Å². The molecule has 1 N–H and O–H groups in total. The number of fused-ring (bicyclic) bond motifs is 1. The highest BCUT2D eigenvalue weighted by Gasteiger charge is 2.20. The molecule has 0 saturated carbocycles. The van der Waals surface area contributed by atoms with Gasteiger partial charge in [0.15, 0.2) is 0 Å². The highest BCUT2D eigenvalue weighted by molar-refractivity contribution is 5.57. The SMILES string of the molecule is CN(C)C1CCN(Cc2ccc3c(c2)NCC3)CC1. The van der Waals surface area contributed by atoms with Crippen molar-refractivity contribution in [3.05, 3.63) is 29.3 Å². The topological polar surface area (TPSA) is 18.5 Å². The number of piperidine rings is 1. The quantitative estimate of drug-likeness (QED) is 0.897. The fourth-order valence-corrected chi connectivity index (χ4v) is 3.29. The molecule has 0 unspecified atom stereocenters. The maximum Gasteiger partial charge on any atom is 0.0376 e. The molecule has 1 fully saturated rings. The second-order valence-corrected chi connectivity index (χ2v) is 6.14. The number of benzene rings is 1. The first-order chi connectivity index (χ1) is 9.22. The van der Waals surface area contributed by atoms with E-state index in [9.17, 15) is 0 Å². The predicted molar refractivity (Wildman–Crippen MR) is 80.6 cm³/mol. The number of rotatable bonds is 3. The van der Waals surface area contributed by atoms with Gasteiger partial charge in [-0.2, -0.15) is 0 Å². The third kappa shape index (κ3) is 2.93. The molecule has 0 aliphatic carbocycles. The van der Waals surface area contributed by atoms with Gasteiger partial charge in [-0.3, -0.25) is 4.90 Å². The highest BCUT2D eigenvalue weighted by atomic mass is 15.2. The summed E-state index contributed by atoms with van der Waals surface area (Å²) >= 11 is 0. The Kier molecular flexibility index (Phi) is 3.76. The van der Waals surface area contributed by atoms with Crippen LogP contribution >= 0.6 is 0 Å². The summed E-state index contributed by atoms with van der Waals surface area (Å²) in [6, 6.07) is 7.74. The number of anilines is 1. The molecule has 0 aromatic heterocycles. The van der Waals surface area contributed by atoms with Crippen LogP contribution in [0.2, 0.25) is 0 Å². The summed E-state index contributed by atoms with van der Waals surface area (Å²) in [7, 11) is 4.40. The van der Waals surface area contributed by atoms with Gasteiger partial charge in [-0.05, 0) is 63.6 Å².